The molecule has 0 unspecified atom stereocenters. The van der Waals surface area contributed by atoms with Gasteiger partial charge in [-0.05, 0) is 36.4 Å². The number of fused-ring (bicyclic) bond motifs is 1. The quantitative estimate of drug-likeness (QED) is 0.758. The Balaban J connectivity index is 1.52. The minimum absolute atomic E-state index is 0.103. The van der Waals surface area contributed by atoms with Crippen LogP contribution >= 0.6 is 11.6 Å². The number of aromatic nitrogens is 2. The molecule has 2 heterocycles. The van der Waals surface area contributed by atoms with Gasteiger partial charge in [-0.25, -0.2) is 0 Å². The number of carbonyl (C=O) groups is 2. The summed E-state index contributed by atoms with van der Waals surface area (Å²) in [6.45, 7) is 0.313. The van der Waals surface area contributed by atoms with E-state index in [2.05, 4.69) is 15.5 Å². The number of nitrogens with one attached hydrogen (secondary N) is 2. The maximum atomic E-state index is 12.5. The normalized spacial score (nSPS) is 17.2. The average molecular weight is 355 g/mol. The first-order chi connectivity index (χ1) is 12.1. The molecule has 1 aliphatic rings. The zero-order valence-electron chi connectivity index (χ0n) is 13.2. The molecule has 2 aromatic carbocycles. The van der Waals surface area contributed by atoms with Crippen LogP contribution in [0.2, 0.25) is 5.02 Å². The van der Waals surface area contributed by atoms with Crippen LogP contribution in [0.5, 0.6) is 0 Å². The average Bonchev–Trinajstić information content (AvgIpc) is 3.20. The van der Waals surface area contributed by atoms with E-state index in [1.165, 1.54) is 0 Å². The maximum Gasteiger partial charge on any atom is 0.229 e. The molecular formula is C18H15ClN4O2. The summed E-state index contributed by atoms with van der Waals surface area (Å²) in [6, 6.07) is 14.5. The summed E-state index contributed by atoms with van der Waals surface area (Å²) >= 11 is 5.84. The number of hydrogen-bond acceptors (Lipinski definition) is 3. The van der Waals surface area contributed by atoms with Gasteiger partial charge in [0.25, 0.3) is 0 Å². The number of carbonyl (C=O) groups excluding carboxylic acids is 2. The van der Waals surface area contributed by atoms with Crippen LogP contribution in [0.25, 0.3) is 10.9 Å². The highest BCUT2D eigenvalue weighted by molar-refractivity contribution is 6.30. The van der Waals surface area contributed by atoms with Crippen molar-refractivity contribution >= 4 is 45.8 Å². The first-order valence-corrected chi connectivity index (χ1v) is 8.29. The molecule has 3 aromatic rings. The number of benzene rings is 2. The van der Waals surface area contributed by atoms with Crippen LogP contribution in [0.3, 0.4) is 0 Å². The van der Waals surface area contributed by atoms with E-state index in [1.807, 2.05) is 24.3 Å². The highest BCUT2D eigenvalue weighted by Gasteiger charge is 2.36. The van der Waals surface area contributed by atoms with Crippen molar-refractivity contribution in [2.24, 2.45) is 5.92 Å². The Morgan fingerprint density at radius 1 is 1.20 bits per heavy atom. The third-order valence-corrected chi connectivity index (χ3v) is 4.57. The van der Waals surface area contributed by atoms with Gasteiger partial charge in [0, 0.05) is 29.1 Å². The zero-order chi connectivity index (χ0) is 17.4. The number of anilines is 2. The van der Waals surface area contributed by atoms with Crippen LogP contribution in [0.1, 0.15) is 6.42 Å². The Labute approximate surface area is 148 Å². The van der Waals surface area contributed by atoms with Crippen molar-refractivity contribution < 1.29 is 9.59 Å². The zero-order valence-corrected chi connectivity index (χ0v) is 14.0. The lowest BCUT2D eigenvalue weighted by molar-refractivity contribution is -0.122. The predicted octanol–water partition coefficient (Wildman–Crippen LogP) is 3.21. The van der Waals surface area contributed by atoms with E-state index in [4.69, 9.17) is 11.6 Å². The molecule has 2 N–H and O–H groups in total. The number of hydrogen-bond donors (Lipinski definition) is 2. The topological polar surface area (TPSA) is 78.1 Å². The molecule has 0 bridgehead atoms. The highest BCUT2D eigenvalue weighted by Crippen LogP contribution is 2.30. The van der Waals surface area contributed by atoms with Crippen molar-refractivity contribution in [3.63, 3.8) is 0 Å². The van der Waals surface area contributed by atoms with Gasteiger partial charge in [0.15, 0.2) is 5.82 Å². The second kappa shape index (κ2) is 6.22. The molecule has 4 rings (SSSR count). The Bertz CT molecular complexity index is 951. The number of rotatable bonds is 3. The van der Waals surface area contributed by atoms with Crippen molar-refractivity contribution in [3.8, 4) is 0 Å². The Morgan fingerprint density at radius 2 is 1.96 bits per heavy atom. The largest absolute Gasteiger partial charge is 0.326 e. The third-order valence-electron chi connectivity index (χ3n) is 4.31. The fourth-order valence-corrected chi connectivity index (χ4v) is 3.15. The van der Waals surface area contributed by atoms with Gasteiger partial charge in [-0.15, -0.1) is 0 Å². The summed E-state index contributed by atoms with van der Waals surface area (Å²) in [4.78, 5) is 26.5. The molecule has 1 aliphatic heterocycles. The molecule has 7 heteroatoms. The number of para-hydroxylation sites is 1. The predicted molar refractivity (Wildman–Crippen MR) is 96.6 cm³/mol. The SMILES string of the molecule is O=C(Nc1ccc(Cl)cc1)[C@H]1CC(=O)N(c2n[nH]c3ccccc23)C1. The van der Waals surface area contributed by atoms with Gasteiger partial charge in [0.05, 0.1) is 11.4 Å². The summed E-state index contributed by atoms with van der Waals surface area (Å²) in [6.07, 6.45) is 0.167. The number of nitrogens with zero attached hydrogens (tertiary/aromatic N) is 2. The fourth-order valence-electron chi connectivity index (χ4n) is 3.02. The molecule has 0 spiro atoms. The van der Waals surface area contributed by atoms with Crippen LogP contribution in [0.15, 0.2) is 48.5 Å². The van der Waals surface area contributed by atoms with Crippen molar-refractivity contribution in [3.05, 3.63) is 53.6 Å². The monoisotopic (exact) mass is 354 g/mol. The molecule has 0 saturated carbocycles. The first kappa shape index (κ1) is 15.7. The molecule has 25 heavy (non-hydrogen) atoms. The van der Waals surface area contributed by atoms with Crippen molar-refractivity contribution in [2.45, 2.75) is 6.42 Å². The van der Waals surface area contributed by atoms with Gasteiger partial charge in [0.2, 0.25) is 11.8 Å². The lowest BCUT2D eigenvalue weighted by Crippen LogP contribution is -2.28. The van der Waals surface area contributed by atoms with Crippen LogP contribution in [0, 0.1) is 5.92 Å². The number of halogens is 1. The minimum atomic E-state index is -0.418. The van der Waals surface area contributed by atoms with Crippen LogP contribution in [0.4, 0.5) is 11.5 Å². The second-order valence-electron chi connectivity index (χ2n) is 5.99. The lowest BCUT2D eigenvalue weighted by Gasteiger charge is -2.14. The molecular weight excluding hydrogens is 340 g/mol. The van der Waals surface area contributed by atoms with Gasteiger partial charge in [-0.1, -0.05) is 23.7 Å². The summed E-state index contributed by atoms with van der Waals surface area (Å²) in [5.41, 5.74) is 1.52. The van der Waals surface area contributed by atoms with Gasteiger partial charge in [0.1, 0.15) is 0 Å². The Kier molecular flexibility index (Phi) is 3.89. The molecule has 1 aromatic heterocycles. The molecule has 2 amide bonds. The maximum absolute atomic E-state index is 12.5. The van der Waals surface area contributed by atoms with Crippen molar-refractivity contribution in [1.29, 1.82) is 0 Å². The molecule has 1 atom stereocenters. The van der Waals surface area contributed by atoms with E-state index >= 15 is 0 Å². The molecule has 0 radical (unpaired) electrons. The Hall–Kier alpha value is -2.86. The van der Waals surface area contributed by atoms with Gasteiger partial charge < -0.3 is 5.32 Å². The van der Waals surface area contributed by atoms with Crippen LogP contribution in [-0.4, -0.2) is 28.6 Å². The van der Waals surface area contributed by atoms with E-state index in [0.29, 0.717) is 23.1 Å². The number of aromatic amines is 1. The van der Waals surface area contributed by atoms with Crippen LogP contribution in [-0.2, 0) is 9.59 Å². The Morgan fingerprint density at radius 3 is 2.76 bits per heavy atom. The second-order valence-corrected chi connectivity index (χ2v) is 6.43. The van der Waals surface area contributed by atoms with Crippen molar-refractivity contribution in [1.82, 2.24) is 10.2 Å². The number of H-pyrrole nitrogens is 1. The molecule has 1 saturated heterocycles. The molecule has 126 valence electrons. The summed E-state index contributed by atoms with van der Waals surface area (Å²) < 4.78 is 0. The number of amides is 2. The van der Waals surface area contributed by atoms with E-state index in [1.54, 1.807) is 29.2 Å². The summed E-state index contributed by atoms with van der Waals surface area (Å²) in [5.74, 6) is -0.132. The van der Waals surface area contributed by atoms with Gasteiger partial charge >= 0.3 is 0 Å². The summed E-state index contributed by atoms with van der Waals surface area (Å²) in [7, 11) is 0. The molecule has 6 nitrogen and oxygen atoms in total. The first-order valence-electron chi connectivity index (χ1n) is 7.92. The highest BCUT2D eigenvalue weighted by atomic mass is 35.5. The molecule has 1 fully saturated rings. The van der Waals surface area contributed by atoms with Gasteiger partial charge in [-0.3, -0.25) is 19.6 Å². The van der Waals surface area contributed by atoms with Crippen molar-refractivity contribution in [2.75, 3.05) is 16.8 Å². The van der Waals surface area contributed by atoms with E-state index in [0.717, 1.165) is 10.9 Å². The standard InChI is InChI=1S/C18H15ClN4O2/c19-12-5-7-13(8-6-12)20-18(25)11-9-16(24)23(10-11)17-14-3-1-2-4-15(14)21-22-17/h1-8,11H,9-10H2,(H,20,25)(H,21,22)/t11-/m0/s1. The smallest absolute Gasteiger partial charge is 0.229 e. The third kappa shape index (κ3) is 2.96. The van der Waals surface area contributed by atoms with Gasteiger partial charge in [-0.2, -0.15) is 5.10 Å². The summed E-state index contributed by atoms with van der Waals surface area (Å²) in [5, 5.41) is 11.5. The van der Waals surface area contributed by atoms with E-state index < -0.39 is 5.92 Å². The van der Waals surface area contributed by atoms with E-state index in [9.17, 15) is 9.59 Å². The minimum Gasteiger partial charge on any atom is -0.326 e. The fraction of sp³-hybridized carbons (Fsp3) is 0.167. The van der Waals surface area contributed by atoms with E-state index in [-0.39, 0.29) is 18.2 Å². The van der Waals surface area contributed by atoms with Crippen LogP contribution < -0.4 is 10.2 Å². The molecule has 0 aliphatic carbocycles. The lowest BCUT2D eigenvalue weighted by atomic mass is 10.1.